The lowest BCUT2D eigenvalue weighted by Crippen LogP contribution is -2.16. The number of rotatable bonds is 11. The van der Waals surface area contributed by atoms with E-state index in [9.17, 15) is 0 Å². The van der Waals surface area contributed by atoms with Crippen molar-refractivity contribution in [1.29, 1.82) is 0 Å². The fraction of sp³-hybridized carbons (Fsp3) is 0.867. The Balaban J connectivity index is 3.11. The zero-order chi connectivity index (χ0) is 13.1. The van der Waals surface area contributed by atoms with Gasteiger partial charge in [0.25, 0.3) is 0 Å². The predicted octanol–water partition coefficient (Wildman–Crippen LogP) is 4.07. The van der Waals surface area contributed by atoms with Crippen LogP contribution in [0.3, 0.4) is 0 Å². The van der Waals surface area contributed by atoms with E-state index in [0.29, 0.717) is 0 Å². The first kappa shape index (κ1) is 16.5. The van der Waals surface area contributed by atoms with Crippen LogP contribution in [0, 0.1) is 5.92 Å². The Morgan fingerprint density at radius 1 is 1.12 bits per heavy atom. The molecule has 0 aliphatic carbocycles. The van der Waals surface area contributed by atoms with E-state index in [1.54, 1.807) is 0 Å². The van der Waals surface area contributed by atoms with Crippen LogP contribution in [0.15, 0.2) is 12.3 Å². The van der Waals surface area contributed by atoms with Crippen LogP contribution >= 0.6 is 0 Å². The van der Waals surface area contributed by atoms with Crippen molar-refractivity contribution in [3.8, 4) is 0 Å². The first-order chi connectivity index (χ1) is 8.04. The number of hydrogen-bond acceptors (Lipinski definition) is 2. The Labute approximate surface area is 108 Å². The lowest BCUT2D eigenvalue weighted by molar-refractivity contribution is 0.124. The van der Waals surface area contributed by atoms with Crippen LogP contribution in [0.1, 0.15) is 52.9 Å². The van der Waals surface area contributed by atoms with E-state index in [4.69, 9.17) is 4.74 Å². The molecule has 0 spiro atoms. The quantitative estimate of drug-likeness (QED) is 0.505. The average molecular weight is 241 g/mol. The van der Waals surface area contributed by atoms with Gasteiger partial charge in [0.2, 0.25) is 0 Å². The monoisotopic (exact) mass is 241 g/mol. The average Bonchev–Trinajstić information content (AvgIpc) is 2.25. The minimum absolute atomic E-state index is 0.827. The lowest BCUT2D eigenvalue weighted by atomic mass is 10.1. The molecule has 0 N–H and O–H groups in total. The van der Waals surface area contributed by atoms with Gasteiger partial charge >= 0.3 is 0 Å². The maximum absolute atomic E-state index is 5.62. The molecule has 0 amide bonds. The van der Waals surface area contributed by atoms with Crippen LogP contribution in [0.25, 0.3) is 0 Å². The second-order valence-corrected chi connectivity index (χ2v) is 5.37. The molecule has 0 aromatic carbocycles. The molecule has 0 aromatic heterocycles. The van der Waals surface area contributed by atoms with Crippen molar-refractivity contribution in [3.05, 3.63) is 12.3 Å². The molecule has 0 fully saturated rings. The molecule has 0 aliphatic rings. The van der Waals surface area contributed by atoms with Gasteiger partial charge in [0.05, 0.1) is 0 Å². The molecule has 0 aliphatic heterocycles. The van der Waals surface area contributed by atoms with Gasteiger partial charge in [0.15, 0.2) is 0 Å². The van der Waals surface area contributed by atoms with Gasteiger partial charge in [-0.2, -0.15) is 0 Å². The van der Waals surface area contributed by atoms with Gasteiger partial charge in [-0.15, -0.1) is 0 Å². The van der Waals surface area contributed by atoms with Gasteiger partial charge in [0.1, 0.15) is 0 Å². The fourth-order valence-electron chi connectivity index (χ4n) is 1.60. The molecule has 17 heavy (non-hydrogen) atoms. The minimum atomic E-state index is 0.827. The van der Waals surface area contributed by atoms with Gasteiger partial charge < -0.3 is 9.64 Å². The molecule has 0 rings (SSSR count). The van der Waals surface area contributed by atoms with Crippen molar-refractivity contribution in [2.45, 2.75) is 52.9 Å². The van der Waals surface area contributed by atoms with Crippen molar-refractivity contribution in [1.82, 2.24) is 4.90 Å². The van der Waals surface area contributed by atoms with E-state index in [0.717, 1.165) is 37.8 Å². The lowest BCUT2D eigenvalue weighted by Gasteiger charge is -2.18. The van der Waals surface area contributed by atoms with E-state index in [1.807, 2.05) is 6.92 Å². The number of unbranched alkanes of at least 4 members (excludes halogenated alkanes) is 2. The summed E-state index contributed by atoms with van der Waals surface area (Å²) in [6, 6.07) is 0. The second-order valence-electron chi connectivity index (χ2n) is 5.37. The van der Waals surface area contributed by atoms with Crippen LogP contribution in [-0.2, 0) is 4.74 Å². The van der Waals surface area contributed by atoms with Crippen LogP contribution in [0.2, 0.25) is 0 Å². The molecular formula is C15H31NO. The molecule has 0 unspecified atom stereocenters. The van der Waals surface area contributed by atoms with Crippen molar-refractivity contribution in [2.24, 2.45) is 5.92 Å². The van der Waals surface area contributed by atoms with Crippen molar-refractivity contribution in [2.75, 3.05) is 26.8 Å². The highest BCUT2D eigenvalue weighted by Crippen LogP contribution is 2.06. The molecule has 0 atom stereocenters. The fourth-order valence-corrected chi connectivity index (χ4v) is 1.60. The Hall–Kier alpha value is -0.500. The van der Waals surface area contributed by atoms with Crippen molar-refractivity contribution < 1.29 is 4.74 Å². The Morgan fingerprint density at radius 3 is 2.24 bits per heavy atom. The third-order valence-electron chi connectivity index (χ3n) is 3.00. The van der Waals surface area contributed by atoms with Crippen molar-refractivity contribution >= 4 is 0 Å². The smallest absolute Gasteiger partial charge is 0.0466 e. The molecule has 0 radical (unpaired) electrons. The summed E-state index contributed by atoms with van der Waals surface area (Å²) in [4.78, 5) is 2.20. The molecular weight excluding hydrogens is 210 g/mol. The molecule has 102 valence electrons. The van der Waals surface area contributed by atoms with Gasteiger partial charge in [-0.1, -0.05) is 33.3 Å². The normalized spacial score (nSPS) is 10.9. The highest BCUT2D eigenvalue weighted by atomic mass is 16.5. The SMILES string of the molecule is C=C(C)N(C)CCCCOCCCCC(C)C. The highest BCUT2D eigenvalue weighted by molar-refractivity contribution is 4.85. The first-order valence-electron chi connectivity index (χ1n) is 6.98. The van der Waals surface area contributed by atoms with Crippen LogP contribution < -0.4 is 0 Å². The van der Waals surface area contributed by atoms with E-state index in [-0.39, 0.29) is 0 Å². The summed E-state index contributed by atoms with van der Waals surface area (Å²) in [6.45, 7) is 13.4. The standard InChI is InChI=1S/C15H31NO/c1-14(2)10-6-8-12-17-13-9-7-11-16(5)15(3)4/h14H,3,6-13H2,1-2,4-5H3. The van der Waals surface area contributed by atoms with E-state index >= 15 is 0 Å². The van der Waals surface area contributed by atoms with E-state index in [2.05, 4.69) is 32.4 Å². The third kappa shape index (κ3) is 11.8. The summed E-state index contributed by atoms with van der Waals surface area (Å²) in [5.74, 6) is 0.827. The Kier molecular flexibility index (Phi) is 10.3. The van der Waals surface area contributed by atoms with Crippen LogP contribution in [-0.4, -0.2) is 31.7 Å². The topological polar surface area (TPSA) is 12.5 Å². The summed E-state index contributed by atoms with van der Waals surface area (Å²) >= 11 is 0. The molecule has 0 bridgehead atoms. The zero-order valence-corrected chi connectivity index (χ0v) is 12.3. The second kappa shape index (κ2) is 10.6. The molecule has 0 saturated heterocycles. The first-order valence-corrected chi connectivity index (χ1v) is 6.98. The summed E-state index contributed by atoms with van der Waals surface area (Å²) in [5, 5.41) is 0. The summed E-state index contributed by atoms with van der Waals surface area (Å²) in [6.07, 6.45) is 6.18. The highest BCUT2D eigenvalue weighted by Gasteiger charge is 1.97. The van der Waals surface area contributed by atoms with Crippen molar-refractivity contribution in [3.63, 3.8) is 0 Å². The number of hydrogen-bond donors (Lipinski definition) is 0. The largest absolute Gasteiger partial charge is 0.381 e. The predicted molar refractivity (Wildman–Crippen MR) is 76.2 cm³/mol. The number of allylic oxidation sites excluding steroid dienone is 1. The molecule has 2 heteroatoms. The maximum atomic E-state index is 5.62. The molecule has 2 nitrogen and oxygen atoms in total. The number of nitrogens with zero attached hydrogens (tertiary/aromatic N) is 1. The Morgan fingerprint density at radius 2 is 1.71 bits per heavy atom. The van der Waals surface area contributed by atoms with Crippen LogP contribution in [0.4, 0.5) is 0 Å². The Bertz CT molecular complexity index is 189. The van der Waals surface area contributed by atoms with E-state index < -0.39 is 0 Å². The molecule has 0 aromatic rings. The summed E-state index contributed by atoms with van der Waals surface area (Å²) < 4.78 is 5.62. The summed E-state index contributed by atoms with van der Waals surface area (Å²) in [7, 11) is 2.09. The van der Waals surface area contributed by atoms with E-state index in [1.165, 1.54) is 25.7 Å². The summed E-state index contributed by atoms with van der Waals surface area (Å²) in [5.41, 5.74) is 1.14. The zero-order valence-electron chi connectivity index (χ0n) is 12.3. The minimum Gasteiger partial charge on any atom is -0.381 e. The van der Waals surface area contributed by atoms with Gasteiger partial charge in [-0.3, -0.25) is 0 Å². The van der Waals surface area contributed by atoms with Gasteiger partial charge in [0, 0.05) is 32.5 Å². The molecule has 0 saturated carbocycles. The van der Waals surface area contributed by atoms with Gasteiger partial charge in [-0.05, 0) is 32.1 Å². The van der Waals surface area contributed by atoms with Gasteiger partial charge in [-0.25, -0.2) is 0 Å². The molecule has 0 heterocycles. The van der Waals surface area contributed by atoms with Crippen LogP contribution in [0.5, 0.6) is 0 Å². The third-order valence-corrected chi connectivity index (χ3v) is 3.00. The maximum Gasteiger partial charge on any atom is 0.0466 e. The number of ether oxygens (including phenoxy) is 1.